The monoisotopic (exact) mass is 303 g/mol. The fraction of sp³-hybridized carbons (Fsp3) is 0.412. The van der Waals surface area contributed by atoms with Gasteiger partial charge in [0, 0.05) is 11.4 Å². The Bertz CT molecular complexity index is 608. The average molecular weight is 303 g/mol. The maximum absolute atomic E-state index is 12.5. The molecule has 0 aliphatic heterocycles. The molecule has 0 spiro atoms. The van der Waals surface area contributed by atoms with Crippen LogP contribution in [0.3, 0.4) is 0 Å². The van der Waals surface area contributed by atoms with Gasteiger partial charge >= 0.3 is 0 Å². The van der Waals surface area contributed by atoms with E-state index in [0.29, 0.717) is 0 Å². The molecule has 0 saturated heterocycles. The van der Waals surface area contributed by atoms with Gasteiger partial charge in [0.2, 0.25) is 10.0 Å². The Kier molecular flexibility index (Phi) is 5.60. The lowest BCUT2D eigenvalue weighted by atomic mass is 9.95. The van der Waals surface area contributed by atoms with Crippen LogP contribution < -0.4 is 0 Å². The molecule has 2 rings (SSSR count). The summed E-state index contributed by atoms with van der Waals surface area (Å²) in [5.41, 5.74) is 0.866. The third-order valence-corrected chi connectivity index (χ3v) is 5.35. The van der Waals surface area contributed by atoms with Crippen LogP contribution in [0.2, 0.25) is 0 Å². The molecule has 112 valence electrons. The molecule has 0 unspecified atom stereocenters. The molecule has 4 heteroatoms. The van der Waals surface area contributed by atoms with Crippen LogP contribution >= 0.6 is 0 Å². The van der Waals surface area contributed by atoms with Crippen molar-refractivity contribution < 1.29 is 8.42 Å². The molecule has 0 heterocycles. The first-order valence-corrected chi connectivity index (χ1v) is 8.82. The maximum atomic E-state index is 12.5. The van der Waals surface area contributed by atoms with Crippen molar-refractivity contribution in [2.24, 2.45) is 0 Å². The molecule has 0 amide bonds. The van der Waals surface area contributed by atoms with Crippen LogP contribution in [0.4, 0.5) is 0 Å². The molecule has 1 aromatic rings. The lowest BCUT2D eigenvalue weighted by molar-refractivity contribution is 0.274. The smallest absolute Gasteiger partial charge is 0.207 e. The third kappa shape index (κ3) is 4.45. The summed E-state index contributed by atoms with van der Waals surface area (Å²) in [6.45, 7) is 0.145. The van der Waals surface area contributed by atoms with Crippen molar-refractivity contribution in [3.05, 3.63) is 41.3 Å². The van der Waals surface area contributed by atoms with Crippen LogP contribution in [0.1, 0.15) is 37.7 Å². The summed E-state index contributed by atoms with van der Waals surface area (Å²) in [7, 11) is -3.47. The molecule has 0 bridgehead atoms. The van der Waals surface area contributed by atoms with Crippen molar-refractivity contribution >= 4 is 16.1 Å². The van der Waals surface area contributed by atoms with Crippen molar-refractivity contribution in [2.75, 3.05) is 6.54 Å². The number of hydrogen-bond donors (Lipinski definition) is 0. The second kappa shape index (κ2) is 7.44. The molecule has 1 aromatic carbocycles. The standard InChI is InChI=1S/C17H21NO2S/c1-2-14-18(17-11-7-4-8-12-17)21(19,20)15-13-16-9-5-3-6-10-16/h1,3,5-6,9-10,13,15,17H,4,7-8,11-12,14H2/b15-13+. The fourth-order valence-electron chi connectivity index (χ4n) is 2.69. The quantitative estimate of drug-likeness (QED) is 0.783. The van der Waals surface area contributed by atoms with Crippen molar-refractivity contribution in [2.45, 2.75) is 38.1 Å². The highest BCUT2D eigenvalue weighted by Gasteiger charge is 2.28. The van der Waals surface area contributed by atoms with Gasteiger partial charge < -0.3 is 0 Å². The summed E-state index contributed by atoms with van der Waals surface area (Å²) in [6, 6.07) is 9.45. The van der Waals surface area contributed by atoms with E-state index in [4.69, 9.17) is 6.42 Å². The predicted octanol–water partition coefficient (Wildman–Crippen LogP) is 3.26. The molecular weight excluding hydrogens is 282 g/mol. The molecule has 21 heavy (non-hydrogen) atoms. The van der Waals surface area contributed by atoms with E-state index in [1.165, 1.54) is 16.1 Å². The van der Waals surface area contributed by atoms with Gasteiger partial charge in [-0.1, -0.05) is 55.5 Å². The Labute approximate surface area is 127 Å². The van der Waals surface area contributed by atoms with Crippen LogP contribution in [0.25, 0.3) is 6.08 Å². The lowest BCUT2D eigenvalue weighted by Gasteiger charge is -2.31. The van der Waals surface area contributed by atoms with Gasteiger partial charge in [-0.05, 0) is 24.5 Å². The molecule has 0 atom stereocenters. The van der Waals surface area contributed by atoms with Gasteiger partial charge in [-0.25, -0.2) is 8.42 Å². The van der Waals surface area contributed by atoms with E-state index in [2.05, 4.69) is 5.92 Å². The van der Waals surface area contributed by atoms with Gasteiger partial charge in [0.15, 0.2) is 0 Å². The molecule has 1 saturated carbocycles. The Morgan fingerprint density at radius 1 is 1.19 bits per heavy atom. The van der Waals surface area contributed by atoms with Gasteiger partial charge in [0.05, 0.1) is 6.54 Å². The molecule has 0 N–H and O–H groups in total. The predicted molar refractivity (Wildman–Crippen MR) is 86.8 cm³/mol. The Morgan fingerprint density at radius 3 is 2.48 bits per heavy atom. The first-order chi connectivity index (χ1) is 10.1. The second-order valence-electron chi connectivity index (χ2n) is 5.30. The molecule has 1 aliphatic carbocycles. The Balaban J connectivity index is 2.17. The van der Waals surface area contributed by atoms with Crippen molar-refractivity contribution in [1.29, 1.82) is 0 Å². The SMILES string of the molecule is C#CCN(C1CCCCC1)S(=O)(=O)/C=C/c1ccccc1. The highest BCUT2D eigenvalue weighted by molar-refractivity contribution is 7.92. The minimum atomic E-state index is -3.47. The van der Waals surface area contributed by atoms with Gasteiger partial charge in [0.1, 0.15) is 0 Å². The summed E-state index contributed by atoms with van der Waals surface area (Å²) in [5.74, 6) is 2.48. The lowest BCUT2D eigenvalue weighted by Crippen LogP contribution is -2.40. The summed E-state index contributed by atoms with van der Waals surface area (Å²) < 4.78 is 26.6. The van der Waals surface area contributed by atoms with Crippen molar-refractivity contribution in [1.82, 2.24) is 4.31 Å². The van der Waals surface area contributed by atoms with Crippen LogP contribution in [0.15, 0.2) is 35.7 Å². The fourth-order valence-corrected chi connectivity index (χ4v) is 4.06. The van der Waals surface area contributed by atoms with E-state index >= 15 is 0 Å². The van der Waals surface area contributed by atoms with Gasteiger partial charge in [-0.15, -0.1) is 6.42 Å². The normalized spacial score (nSPS) is 17.1. The van der Waals surface area contributed by atoms with E-state index in [1.54, 1.807) is 6.08 Å². The Hall–Kier alpha value is -1.57. The highest BCUT2D eigenvalue weighted by Crippen LogP contribution is 2.25. The first kappa shape index (κ1) is 15.8. The van der Waals surface area contributed by atoms with Crippen molar-refractivity contribution in [3.63, 3.8) is 0 Å². The summed E-state index contributed by atoms with van der Waals surface area (Å²) in [5, 5.41) is 1.27. The van der Waals surface area contributed by atoms with Gasteiger partial charge in [-0.3, -0.25) is 0 Å². The first-order valence-electron chi connectivity index (χ1n) is 7.32. The number of terminal acetylenes is 1. The average Bonchev–Trinajstić information content (AvgIpc) is 2.52. The molecule has 3 nitrogen and oxygen atoms in total. The van der Waals surface area contributed by atoms with Crippen LogP contribution in [-0.4, -0.2) is 25.3 Å². The minimum Gasteiger partial charge on any atom is -0.207 e. The van der Waals surface area contributed by atoms with E-state index in [1.807, 2.05) is 30.3 Å². The topological polar surface area (TPSA) is 37.4 Å². The molecule has 0 radical (unpaired) electrons. The molecule has 0 aromatic heterocycles. The number of benzene rings is 1. The maximum Gasteiger partial charge on any atom is 0.237 e. The van der Waals surface area contributed by atoms with Crippen molar-refractivity contribution in [3.8, 4) is 12.3 Å². The zero-order valence-electron chi connectivity index (χ0n) is 12.1. The second-order valence-corrected chi connectivity index (χ2v) is 7.07. The zero-order valence-corrected chi connectivity index (χ0v) is 12.9. The molecular formula is C17H21NO2S. The minimum absolute atomic E-state index is 0.0419. The number of rotatable bonds is 5. The van der Waals surface area contributed by atoms with E-state index in [-0.39, 0.29) is 12.6 Å². The number of nitrogens with zero attached hydrogens (tertiary/aromatic N) is 1. The largest absolute Gasteiger partial charge is 0.237 e. The Morgan fingerprint density at radius 2 is 1.86 bits per heavy atom. The molecule has 1 fully saturated rings. The summed E-state index contributed by atoms with van der Waals surface area (Å²) >= 11 is 0. The zero-order chi connectivity index (χ0) is 15.1. The number of hydrogen-bond acceptors (Lipinski definition) is 2. The summed E-state index contributed by atoms with van der Waals surface area (Å²) in [6.07, 6.45) is 12.1. The van der Waals surface area contributed by atoms with E-state index in [0.717, 1.165) is 31.2 Å². The van der Waals surface area contributed by atoms with Gasteiger partial charge in [-0.2, -0.15) is 4.31 Å². The van der Waals surface area contributed by atoms with E-state index in [9.17, 15) is 8.42 Å². The number of sulfonamides is 1. The summed E-state index contributed by atoms with van der Waals surface area (Å²) in [4.78, 5) is 0. The third-order valence-electron chi connectivity index (χ3n) is 3.79. The van der Waals surface area contributed by atoms with Crippen LogP contribution in [0.5, 0.6) is 0 Å². The van der Waals surface area contributed by atoms with Crippen LogP contribution in [-0.2, 0) is 10.0 Å². The van der Waals surface area contributed by atoms with Crippen LogP contribution in [0, 0.1) is 12.3 Å². The molecule has 1 aliphatic rings. The van der Waals surface area contributed by atoms with E-state index < -0.39 is 10.0 Å². The van der Waals surface area contributed by atoms with Gasteiger partial charge in [0.25, 0.3) is 0 Å². The highest BCUT2D eigenvalue weighted by atomic mass is 32.2.